The molecule has 0 radical (unpaired) electrons. The molecule has 30 heavy (non-hydrogen) atoms. The summed E-state index contributed by atoms with van der Waals surface area (Å²) in [6.45, 7) is 9.11. The van der Waals surface area contributed by atoms with Crippen LogP contribution in [-0.2, 0) is 17.6 Å². The number of nitrogens with one attached hydrogen (secondary N) is 1. The zero-order valence-electron chi connectivity index (χ0n) is 18.2. The van der Waals surface area contributed by atoms with Crippen molar-refractivity contribution in [1.29, 1.82) is 5.26 Å². The predicted molar refractivity (Wildman–Crippen MR) is 120 cm³/mol. The van der Waals surface area contributed by atoms with E-state index in [1.807, 2.05) is 23.6 Å². The molecular formula is C22H33N5O2S. The third-order valence-corrected chi connectivity index (χ3v) is 7.33. The van der Waals surface area contributed by atoms with Crippen molar-refractivity contribution in [2.24, 2.45) is 0 Å². The van der Waals surface area contributed by atoms with Crippen LogP contribution >= 0.6 is 11.3 Å². The first-order chi connectivity index (χ1) is 14.6. The van der Waals surface area contributed by atoms with Gasteiger partial charge in [0, 0.05) is 57.1 Å². The van der Waals surface area contributed by atoms with Gasteiger partial charge in [0.2, 0.25) is 5.91 Å². The standard InChI is InChI=1S/C22H33N5O2S/c1-3-26(4-2)22(29)27-14-12-25(13-15-27)11-10-20(28)24-21-18(16-23)17-8-6-5-7-9-19(17)30-21/h3-15H2,1-2H3,(H,24,28). The fraction of sp³-hybridized carbons (Fsp3) is 0.682. The van der Waals surface area contributed by atoms with E-state index in [1.165, 1.54) is 11.3 Å². The first-order valence-corrected chi connectivity index (χ1v) is 12.0. The first kappa shape index (κ1) is 22.6. The molecule has 2 aliphatic rings. The topological polar surface area (TPSA) is 79.7 Å². The van der Waals surface area contributed by atoms with Crippen LogP contribution in [0, 0.1) is 11.3 Å². The average molecular weight is 432 g/mol. The fourth-order valence-corrected chi connectivity index (χ4v) is 5.51. The molecule has 1 fully saturated rings. The van der Waals surface area contributed by atoms with Gasteiger partial charge in [0.1, 0.15) is 11.1 Å². The van der Waals surface area contributed by atoms with E-state index in [1.54, 1.807) is 11.3 Å². The molecule has 164 valence electrons. The number of hydrogen-bond donors (Lipinski definition) is 1. The summed E-state index contributed by atoms with van der Waals surface area (Å²) < 4.78 is 0. The number of thiophene rings is 1. The van der Waals surface area contributed by atoms with E-state index in [4.69, 9.17) is 0 Å². The van der Waals surface area contributed by atoms with E-state index in [9.17, 15) is 14.9 Å². The summed E-state index contributed by atoms with van der Waals surface area (Å²) in [5.74, 6) is -0.0374. The first-order valence-electron chi connectivity index (χ1n) is 11.2. The second-order valence-electron chi connectivity index (χ2n) is 7.96. The van der Waals surface area contributed by atoms with Gasteiger partial charge < -0.3 is 15.1 Å². The number of nitrogens with zero attached hydrogens (tertiary/aromatic N) is 4. The number of urea groups is 1. The second-order valence-corrected chi connectivity index (χ2v) is 9.07. The molecule has 1 saturated heterocycles. The van der Waals surface area contributed by atoms with Gasteiger partial charge in [-0.25, -0.2) is 4.79 Å². The molecule has 0 bridgehead atoms. The molecule has 0 aromatic carbocycles. The molecule has 0 saturated carbocycles. The maximum Gasteiger partial charge on any atom is 0.320 e. The normalized spacial score (nSPS) is 17.0. The molecule has 1 aromatic rings. The van der Waals surface area contributed by atoms with Crippen molar-refractivity contribution in [1.82, 2.24) is 14.7 Å². The van der Waals surface area contributed by atoms with Gasteiger partial charge in [-0.05, 0) is 45.1 Å². The van der Waals surface area contributed by atoms with Gasteiger partial charge in [-0.15, -0.1) is 11.3 Å². The Kier molecular flexibility index (Phi) is 8.11. The van der Waals surface area contributed by atoms with Crippen LogP contribution in [0.5, 0.6) is 0 Å². The molecule has 1 aromatic heterocycles. The third-order valence-electron chi connectivity index (χ3n) is 6.12. The summed E-state index contributed by atoms with van der Waals surface area (Å²) >= 11 is 1.58. The Balaban J connectivity index is 1.47. The Bertz CT molecular complexity index is 788. The van der Waals surface area contributed by atoms with Gasteiger partial charge in [0.25, 0.3) is 0 Å². The molecule has 8 heteroatoms. The summed E-state index contributed by atoms with van der Waals surface area (Å²) in [4.78, 5) is 32.2. The van der Waals surface area contributed by atoms with E-state index in [0.29, 0.717) is 31.6 Å². The Labute approximate surface area is 183 Å². The lowest BCUT2D eigenvalue weighted by Gasteiger charge is -2.37. The number of rotatable bonds is 6. The van der Waals surface area contributed by atoms with Crippen molar-refractivity contribution in [2.45, 2.75) is 52.4 Å². The molecular weight excluding hydrogens is 398 g/mol. The predicted octanol–water partition coefficient (Wildman–Crippen LogP) is 3.30. The Morgan fingerprint density at radius 1 is 1.10 bits per heavy atom. The van der Waals surface area contributed by atoms with Crippen molar-refractivity contribution in [2.75, 3.05) is 51.1 Å². The fourth-order valence-electron chi connectivity index (χ4n) is 4.25. The van der Waals surface area contributed by atoms with E-state index in [-0.39, 0.29) is 11.9 Å². The lowest BCUT2D eigenvalue weighted by Crippen LogP contribution is -2.53. The second kappa shape index (κ2) is 10.8. The Morgan fingerprint density at radius 3 is 2.47 bits per heavy atom. The number of carbonyl (C=O) groups excluding carboxylic acids is 2. The zero-order chi connectivity index (χ0) is 21.5. The number of anilines is 1. The lowest BCUT2D eigenvalue weighted by molar-refractivity contribution is -0.116. The summed E-state index contributed by atoms with van der Waals surface area (Å²) in [6.07, 6.45) is 5.85. The van der Waals surface area contributed by atoms with Gasteiger partial charge >= 0.3 is 6.03 Å². The summed E-state index contributed by atoms with van der Waals surface area (Å²) in [7, 11) is 0. The quantitative estimate of drug-likeness (QED) is 0.701. The Morgan fingerprint density at radius 2 is 1.80 bits per heavy atom. The summed E-state index contributed by atoms with van der Waals surface area (Å²) in [5, 5.41) is 13.3. The highest BCUT2D eigenvalue weighted by Gasteiger charge is 2.25. The van der Waals surface area contributed by atoms with Crippen LogP contribution in [0.4, 0.5) is 9.80 Å². The lowest BCUT2D eigenvalue weighted by atomic mass is 10.1. The van der Waals surface area contributed by atoms with Crippen molar-refractivity contribution in [3.8, 4) is 6.07 Å². The van der Waals surface area contributed by atoms with Gasteiger partial charge in [0.15, 0.2) is 0 Å². The van der Waals surface area contributed by atoms with Crippen molar-refractivity contribution in [3.05, 3.63) is 16.0 Å². The van der Waals surface area contributed by atoms with E-state index in [0.717, 1.165) is 62.4 Å². The van der Waals surface area contributed by atoms with Crippen LogP contribution in [0.15, 0.2) is 0 Å². The van der Waals surface area contributed by atoms with Crippen LogP contribution in [0.3, 0.4) is 0 Å². The Hall–Kier alpha value is -2.11. The number of nitriles is 1. The van der Waals surface area contributed by atoms with Gasteiger partial charge in [-0.2, -0.15) is 5.26 Å². The molecule has 7 nitrogen and oxygen atoms in total. The molecule has 2 heterocycles. The molecule has 1 aliphatic carbocycles. The molecule has 0 spiro atoms. The largest absolute Gasteiger partial charge is 0.325 e. The van der Waals surface area contributed by atoms with Crippen molar-refractivity contribution in [3.63, 3.8) is 0 Å². The smallest absolute Gasteiger partial charge is 0.320 e. The van der Waals surface area contributed by atoms with Crippen LogP contribution in [0.1, 0.15) is 55.5 Å². The molecule has 0 unspecified atom stereocenters. The minimum Gasteiger partial charge on any atom is -0.325 e. The van der Waals surface area contributed by atoms with Gasteiger partial charge in [-0.1, -0.05) is 6.42 Å². The zero-order valence-corrected chi connectivity index (χ0v) is 19.0. The van der Waals surface area contributed by atoms with Gasteiger partial charge in [0.05, 0.1) is 5.56 Å². The summed E-state index contributed by atoms with van der Waals surface area (Å²) in [5.41, 5.74) is 1.83. The molecule has 1 aliphatic heterocycles. The SMILES string of the molecule is CCN(CC)C(=O)N1CCN(CCC(=O)Nc2sc3c(c2C#N)CCCCC3)CC1. The van der Waals surface area contributed by atoms with Crippen LogP contribution in [0.25, 0.3) is 0 Å². The van der Waals surface area contributed by atoms with Crippen LogP contribution in [0.2, 0.25) is 0 Å². The maximum absolute atomic E-state index is 12.5. The molecule has 1 N–H and O–H groups in total. The maximum atomic E-state index is 12.5. The molecule has 0 atom stereocenters. The highest BCUT2D eigenvalue weighted by Crippen LogP contribution is 2.37. The highest BCUT2D eigenvalue weighted by molar-refractivity contribution is 7.16. The van der Waals surface area contributed by atoms with Crippen molar-refractivity contribution >= 4 is 28.3 Å². The van der Waals surface area contributed by atoms with E-state index < -0.39 is 0 Å². The third kappa shape index (κ3) is 5.32. The minimum atomic E-state index is -0.0374. The van der Waals surface area contributed by atoms with Crippen LogP contribution in [-0.4, -0.2) is 72.5 Å². The highest BCUT2D eigenvalue weighted by atomic mass is 32.1. The number of amides is 3. The summed E-state index contributed by atoms with van der Waals surface area (Å²) in [6, 6.07) is 2.43. The van der Waals surface area contributed by atoms with Crippen LogP contribution < -0.4 is 5.32 Å². The van der Waals surface area contributed by atoms with Gasteiger partial charge in [-0.3, -0.25) is 9.69 Å². The number of piperazine rings is 1. The molecule has 3 amide bonds. The monoisotopic (exact) mass is 431 g/mol. The number of carbonyl (C=O) groups is 2. The number of hydrogen-bond acceptors (Lipinski definition) is 5. The minimum absolute atomic E-state index is 0.0374. The number of aryl methyl sites for hydroxylation is 1. The van der Waals surface area contributed by atoms with Crippen molar-refractivity contribution < 1.29 is 9.59 Å². The van der Waals surface area contributed by atoms with E-state index in [2.05, 4.69) is 16.3 Å². The molecule has 3 rings (SSSR count). The van der Waals surface area contributed by atoms with E-state index >= 15 is 0 Å². The number of fused-ring (bicyclic) bond motifs is 1. The average Bonchev–Trinajstić information content (AvgIpc) is 2.92.